The van der Waals surface area contributed by atoms with Crippen molar-refractivity contribution in [3.63, 3.8) is 0 Å². The van der Waals surface area contributed by atoms with Gasteiger partial charge in [-0.15, -0.1) is 0 Å². The molecule has 28 heavy (non-hydrogen) atoms. The molecule has 2 unspecified atom stereocenters. The maximum absolute atomic E-state index is 11.9. The largest absolute Gasteiger partial charge is 0.472 e. The molecule has 2 atom stereocenters. The minimum Gasteiger partial charge on any atom is -0.302 e. The Morgan fingerprint density at radius 1 is 0.857 bits per heavy atom. The molecule has 0 radical (unpaired) electrons. The molecule has 162 valence electrons. The maximum Gasteiger partial charge on any atom is 0.472 e. The van der Waals surface area contributed by atoms with Crippen LogP contribution in [0, 0.1) is 58.7 Å². The summed E-state index contributed by atoms with van der Waals surface area (Å²) in [6.07, 6.45) is 8.56. The molecule has 0 bridgehead atoms. The zero-order chi connectivity index (χ0) is 20.4. The summed E-state index contributed by atoms with van der Waals surface area (Å²) in [6, 6.07) is 12.5. The van der Waals surface area contributed by atoms with Crippen LogP contribution in [-0.4, -0.2) is 18.1 Å². The average Bonchev–Trinajstić information content (AvgIpc) is 2.70. The molecule has 1 aromatic carbocycles. The fraction of sp³-hybridized carbons (Fsp3) is 0.727. The summed E-state index contributed by atoms with van der Waals surface area (Å²) in [5, 5.41) is 0. The van der Waals surface area contributed by atoms with Crippen molar-refractivity contribution in [2.45, 2.75) is 79.1 Å². The summed E-state index contributed by atoms with van der Waals surface area (Å²) >= 11 is 0. The second-order valence-electron chi connectivity index (χ2n) is 6.97. The van der Waals surface area contributed by atoms with E-state index in [4.69, 9.17) is 9.05 Å². The second kappa shape index (κ2) is 20.9. The molecule has 1 N–H and O–H groups in total. The van der Waals surface area contributed by atoms with Gasteiger partial charge in [0.2, 0.25) is 0 Å². The molecule has 4 nitrogen and oxygen atoms in total. The first-order chi connectivity index (χ1) is 13.0. The summed E-state index contributed by atoms with van der Waals surface area (Å²) in [5.74, 6) is 0.687. The van der Waals surface area contributed by atoms with Crippen molar-refractivity contribution < 1.29 is 59.3 Å². The number of hydrogen-bond acceptors (Lipinski definition) is 3. The van der Waals surface area contributed by atoms with Gasteiger partial charge in [0.1, 0.15) is 0 Å². The van der Waals surface area contributed by atoms with Crippen LogP contribution in [0.15, 0.2) is 30.3 Å². The summed E-state index contributed by atoms with van der Waals surface area (Å²) in [6.45, 7) is 9.10. The first kappa shape index (κ1) is 30.9. The average molecular weight is 544 g/mol. The van der Waals surface area contributed by atoms with Gasteiger partial charge in [0.15, 0.2) is 0 Å². The standard InChI is InChI=1S/C16H35O4P.C6H5.Nd/c1-5-9-11-15(7-3)13-19-21(17,18)20-14-16(8-4)12-10-6-2;1-2-4-6-5-3-1;/h15-16H,5-14H2,1-4H3,(H,17,18);1-5H;/q;-1;. The Morgan fingerprint density at radius 3 is 1.54 bits per heavy atom. The van der Waals surface area contributed by atoms with E-state index in [1.54, 1.807) is 0 Å². The Hall–Kier alpha value is 0.681. The first-order valence-corrected chi connectivity index (χ1v) is 12.0. The molecule has 0 heterocycles. The van der Waals surface area contributed by atoms with E-state index in [2.05, 4.69) is 33.8 Å². The number of rotatable bonds is 14. The quantitative estimate of drug-likeness (QED) is 0.202. The van der Waals surface area contributed by atoms with Crippen molar-refractivity contribution in [1.82, 2.24) is 0 Å². The van der Waals surface area contributed by atoms with Crippen molar-refractivity contribution in [3.8, 4) is 0 Å². The van der Waals surface area contributed by atoms with Crippen molar-refractivity contribution in [2.75, 3.05) is 13.2 Å². The Bertz CT molecular complexity index is 422. The molecular formula is C22H40NdO4P-. The summed E-state index contributed by atoms with van der Waals surface area (Å²) in [4.78, 5) is 9.77. The van der Waals surface area contributed by atoms with Crippen molar-refractivity contribution in [3.05, 3.63) is 36.4 Å². The Morgan fingerprint density at radius 2 is 1.29 bits per heavy atom. The molecule has 0 aliphatic rings. The van der Waals surface area contributed by atoms with Crippen LogP contribution >= 0.6 is 7.82 Å². The number of benzene rings is 1. The first-order valence-electron chi connectivity index (χ1n) is 10.5. The van der Waals surface area contributed by atoms with Gasteiger partial charge in [-0.2, -0.15) is 36.4 Å². The molecule has 1 aromatic rings. The predicted octanol–water partition coefficient (Wildman–Crippen LogP) is 7.04. The fourth-order valence-electron chi connectivity index (χ4n) is 2.57. The van der Waals surface area contributed by atoms with Gasteiger partial charge in [-0.3, -0.25) is 9.05 Å². The Kier molecular flexibility index (Phi) is 23.1. The van der Waals surface area contributed by atoms with Gasteiger partial charge in [0, 0.05) is 40.8 Å². The molecule has 0 fully saturated rings. The zero-order valence-electron chi connectivity index (χ0n) is 18.2. The van der Waals surface area contributed by atoms with E-state index in [1.807, 2.05) is 30.3 Å². The maximum atomic E-state index is 11.9. The van der Waals surface area contributed by atoms with Crippen molar-refractivity contribution in [1.29, 1.82) is 0 Å². The molecule has 0 aromatic heterocycles. The number of phosphoric acid groups is 1. The third-order valence-corrected chi connectivity index (χ3v) is 5.59. The molecule has 0 aliphatic carbocycles. The summed E-state index contributed by atoms with van der Waals surface area (Å²) in [5.41, 5.74) is 0. The molecule has 1 rings (SSSR count). The molecule has 6 heteroatoms. The van der Waals surface area contributed by atoms with Crippen LogP contribution in [0.25, 0.3) is 0 Å². The number of hydrogen-bond donors (Lipinski definition) is 1. The SMILES string of the molecule is CCCCC(CC)COP(=O)(O)OCC(CC)CCCC.[Nd].[c-]1ccccc1. The summed E-state index contributed by atoms with van der Waals surface area (Å²) in [7, 11) is -3.89. The third kappa shape index (κ3) is 18.7. The third-order valence-electron chi connectivity index (χ3n) is 4.64. The van der Waals surface area contributed by atoms with Crippen LogP contribution in [0.2, 0.25) is 0 Å². The van der Waals surface area contributed by atoms with Crippen LogP contribution in [0.5, 0.6) is 0 Å². The van der Waals surface area contributed by atoms with Crippen LogP contribution in [0.4, 0.5) is 0 Å². The second-order valence-corrected chi connectivity index (χ2v) is 8.42. The summed E-state index contributed by atoms with van der Waals surface area (Å²) < 4.78 is 22.2. The van der Waals surface area contributed by atoms with E-state index in [9.17, 15) is 9.46 Å². The number of unbranched alkanes of at least 4 members (excludes halogenated alkanes) is 2. The topological polar surface area (TPSA) is 55.8 Å². The van der Waals surface area contributed by atoms with E-state index >= 15 is 0 Å². The predicted molar refractivity (Wildman–Crippen MR) is 114 cm³/mol. The fourth-order valence-corrected chi connectivity index (χ4v) is 3.45. The van der Waals surface area contributed by atoms with Gasteiger partial charge in [0.05, 0.1) is 13.2 Å². The smallest absolute Gasteiger partial charge is 0.302 e. The zero-order valence-corrected chi connectivity index (χ0v) is 22.3. The minimum atomic E-state index is -3.89. The molecule has 0 aliphatic heterocycles. The van der Waals surface area contributed by atoms with Crippen LogP contribution in [0.3, 0.4) is 0 Å². The number of phosphoric ester groups is 1. The van der Waals surface area contributed by atoms with E-state index in [0.29, 0.717) is 25.0 Å². The molecule has 0 saturated carbocycles. The van der Waals surface area contributed by atoms with E-state index in [0.717, 1.165) is 51.4 Å². The van der Waals surface area contributed by atoms with E-state index in [1.165, 1.54) is 0 Å². The van der Waals surface area contributed by atoms with Crippen molar-refractivity contribution >= 4 is 7.82 Å². The van der Waals surface area contributed by atoms with E-state index < -0.39 is 7.82 Å². The minimum absolute atomic E-state index is 0. The molecule has 0 amide bonds. The van der Waals surface area contributed by atoms with Gasteiger partial charge in [-0.05, 0) is 24.7 Å². The van der Waals surface area contributed by atoms with Gasteiger partial charge >= 0.3 is 7.82 Å². The van der Waals surface area contributed by atoms with Gasteiger partial charge < -0.3 is 4.89 Å². The van der Waals surface area contributed by atoms with Gasteiger partial charge in [-0.25, -0.2) is 4.57 Å². The molecular weight excluding hydrogens is 503 g/mol. The van der Waals surface area contributed by atoms with Crippen LogP contribution in [-0.2, 0) is 13.6 Å². The molecule has 0 saturated heterocycles. The Labute approximate surface area is 206 Å². The van der Waals surface area contributed by atoms with Crippen molar-refractivity contribution in [2.24, 2.45) is 11.8 Å². The monoisotopic (exact) mass is 541 g/mol. The van der Waals surface area contributed by atoms with Gasteiger partial charge in [-0.1, -0.05) is 66.2 Å². The Balaban J connectivity index is 0. The van der Waals surface area contributed by atoms with Crippen LogP contribution in [0.1, 0.15) is 79.1 Å². The van der Waals surface area contributed by atoms with Crippen LogP contribution < -0.4 is 0 Å². The van der Waals surface area contributed by atoms with E-state index in [-0.39, 0.29) is 40.8 Å². The normalized spacial score (nSPS) is 14.8. The van der Waals surface area contributed by atoms with Gasteiger partial charge in [0.25, 0.3) is 0 Å². The molecule has 0 spiro atoms.